The lowest BCUT2D eigenvalue weighted by molar-refractivity contribution is -0.142. The van der Waals surface area contributed by atoms with E-state index in [1.54, 1.807) is 0 Å². The van der Waals surface area contributed by atoms with Crippen molar-refractivity contribution in [3.05, 3.63) is 29.8 Å². The van der Waals surface area contributed by atoms with Crippen LogP contribution in [0.25, 0.3) is 0 Å². The number of benzene rings is 1. The number of phenolic OH excluding ortho intramolecular Hbond substituents is 1. The number of carbonyl (C=O) groups is 2. The third-order valence-corrected chi connectivity index (χ3v) is 2.79. The minimum atomic E-state index is -2.35. The molecule has 0 fully saturated rings. The Kier molecular flexibility index (Phi) is 5.37. The Labute approximate surface area is 120 Å². The van der Waals surface area contributed by atoms with E-state index in [4.69, 9.17) is 16.7 Å². The summed E-state index contributed by atoms with van der Waals surface area (Å²) in [6.07, 6.45) is -8.41. The van der Waals surface area contributed by atoms with Gasteiger partial charge in [0.25, 0.3) is 0 Å². The molecule has 0 aliphatic rings. The van der Waals surface area contributed by atoms with Gasteiger partial charge in [0.1, 0.15) is 30.2 Å². The van der Waals surface area contributed by atoms with Crippen molar-refractivity contribution in [3.8, 4) is 5.75 Å². The quantitative estimate of drug-likeness (QED) is 0.240. The number of hydrogen-bond acceptors (Lipinski definition) is 8. The first kappa shape index (κ1) is 15.5. The second-order valence-corrected chi connectivity index (χ2v) is 4.33. The predicted octanol–water partition coefficient (Wildman–Crippen LogP) is -2.42. The molecule has 0 amide bonds. The number of rotatable bonds is 7. The molecule has 0 heterocycles. The Morgan fingerprint density at radius 3 is 2.24 bits per heavy atom. The fraction of sp³-hybridized carbons (Fsp3) is 0.385. The molecule has 8 heteroatoms. The van der Waals surface area contributed by atoms with Crippen molar-refractivity contribution in [3.63, 3.8) is 0 Å². The first-order chi connectivity index (χ1) is 10.2. The molecule has 21 heavy (non-hydrogen) atoms. The smallest absolute Gasteiger partial charge is 0.234 e. The number of hydrogen-bond donors (Lipinski definition) is 6. The van der Waals surface area contributed by atoms with Gasteiger partial charge in [-0.25, -0.2) is 0 Å². The molecule has 0 aliphatic carbocycles. The SMILES string of the molecule is [2H]c1cc(O)ccc1C(=O)C(=O)[C@H](O)[C@@H](O)[C@H](O)[C@H](O)CO. The van der Waals surface area contributed by atoms with Gasteiger partial charge in [0, 0.05) is 5.56 Å². The van der Waals surface area contributed by atoms with Gasteiger partial charge in [-0.05, 0) is 24.2 Å². The molecule has 0 aromatic heterocycles. The van der Waals surface area contributed by atoms with Crippen LogP contribution < -0.4 is 0 Å². The van der Waals surface area contributed by atoms with Crippen LogP contribution in [0.5, 0.6) is 5.75 Å². The zero-order valence-electron chi connectivity index (χ0n) is 11.7. The summed E-state index contributed by atoms with van der Waals surface area (Å²) < 4.78 is 7.47. The molecule has 8 nitrogen and oxygen atoms in total. The number of carbonyl (C=O) groups excluding carboxylic acids is 2. The van der Waals surface area contributed by atoms with E-state index in [9.17, 15) is 24.9 Å². The van der Waals surface area contributed by atoms with Crippen molar-refractivity contribution in [2.45, 2.75) is 24.4 Å². The van der Waals surface area contributed by atoms with Crippen molar-refractivity contribution in [2.24, 2.45) is 0 Å². The summed E-state index contributed by atoms with van der Waals surface area (Å²) in [5.74, 6) is -3.10. The van der Waals surface area contributed by atoms with E-state index >= 15 is 0 Å². The molecule has 0 aliphatic heterocycles. The minimum Gasteiger partial charge on any atom is -0.508 e. The molecular formula is C13H16O8. The van der Waals surface area contributed by atoms with Gasteiger partial charge in [-0.3, -0.25) is 9.59 Å². The topological polar surface area (TPSA) is 156 Å². The monoisotopic (exact) mass is 301 g/mol. The molecule has 0 radical (unpaired) electrons. The Bertz CT molecular complexity index is 561. The summed E-state index contributed by atoms with van der Waals surface area (Å²) in [5.41, 5.74) is -0.411. The molecule has 0 saturated heterocycles. The van der Waals surface area contributed by atoms with Crippen LogP contribution in [0.15, 0.2) is 24.2 Å². The third kappa shape index (κ3) is 4.06. The lowest BCUT2D eigenvalue weighted by Crippen LogP contribution is -2.50. The van der Waals surface area contributed by atoms with Gasteiger partial charge in [0.05, 0.1) is 7.98 Å². The highest BCUT2D eigenvalue weighted by Gasteiger charge is 2.37. The second kappa shape index (κ2) is 7.25. The highest BCUT2D eigenvalue weighted by molar-refractivity contribution is 6.45. The van der Waals surface area contributed by atoms with Crippen molar-refractivity contribution < 1.29 is 41.6 Å². The van der Waals surface area contributed by atoms with Crippen LogP contribution in [0.1, 0.15) is 11.7 Å². The first-order valence-electron chi connectivity index (χ1n) is 6.42. The highest BCUT2D eigenvalue weighted by Crippen LogP contribution is 2.13. The number of aromatic hydroxyl groups is 1. The summed E-state index contributed by atoms with van der Waals surface area (Å²) in [7, 11) is 0. The lowest BCUT2D eigenvalue weighted by Gasteiger charge is -2.24. The average molecular weight is 301 g/mol. The van der Waals surface area contributed by atoms with E-state index in [1.807, 2.05) is 0 Å². The number of aliphatic hydroxyl groups is 5. The van der Waals surface area contributed by atoms with Gasteiger partial charge in [-0.1, -0.05) is 0 Å². The number of aliphatic hydroxyl groups excluding tert-OH is 5. The largest absolute Gasteiger partial charge is 0.508 e. The molecule has 1 aromatic rings. The lowest BCUT2D eigenvalue weighted by atomic mass is 9.96. The van der Waals surface area contributed by atoms with Crippen LogP contribution >= 0.6 is 0 Å². The molecule has 0 spiro atoms. The number of phenols is 1. The van der Waals surface area contributed by atoms with Crippen molar-refractivity contribution in [1.82, 2.24) is 0 Å². The van der Waals surface area contributed by atoms with Crippen molar-refractivity contribution in [2.75, 3.05) is 6.61 Å². The summed E-state index contributed by atoms with van der Waals surface area (Å²) in [6, 6.07) is 2.51. The maximum atomic E-state index is 11.9. The zero-order valence-corrected chi connectivity index (χ0v) is 10.7. The van der Waals surface area contributed by atoms with Gasteiger partial charge in [0.15, 0.2) is 0 Å². The molecule has 0 saturated carbocycles. The van der Waals surface area contributed by atoms with Gasteiger partial charge in [0.2, 0.25) is 11.6 Å². The Morgan fingerprint density at radius 1 is 1.10 bits per heavy atom. The molecule has 1 aromatic carbocycles. The molecule has 0 unspecified atom stereocenters. The number of Topliss-reactive ketones (excluding diaryl/α,β-unsaturated/α-hetero) is 2. The van der Waals surface area contributed by atoms with E-state index in [0.717, 1.165) is 18.2 Å². The van der Waals surface area contributed by atoms with Crippen LogP contribution in [0.4, 0.5) is 0 Å². The van der Waals surface area contributed by atoms with Crippen LogP contribution in [0.3, 0.4) is 0 Å². The Morgan fingerprint density at radius 2 is 1.71 bits per heavy atom. The molecule has 116 valence electrons. The van der Waals surface area contributed by atoms with E-state index in [1.165, 1.54) is 0 Å². The predicted molar refractivity (Wildman–Crippen MR) is 68.6 cm³/mol. The molecular weight excluding hydrogens is 284 g/mol. The third-order valence-electron chi connectivity index (χ3n) is 2.79. The zero-order chi connectivity index (χ0) is 17.0. The highest BCUT2D eigenvalue weighted by atomic mass is 16.4. The van der Waals surface area contributed by atoms with Crippen LogP contribution in [0, 0.1) is 0 Å². The van der Waals surface area contributed by atoms with Gasteiger partial charge in [-0.15, -0.1) is 0 Å². The fourth-order valence-electron chi connectivity index (χ4n) is 1.50. The minimum absolute atomic E-state index is 0.295. The Balaban J connectivity index is 2.92. The number of ketones is 2. The molecule has 1 rings (SSSR count). The second-order valence-electron chi connectivity index (χ2n) is 4.33. The summed E-state index contributed by atoms with van der Waals surface area (Å²) in [4.78, 5) is 23.6. The summed E-state index contributed by atoms with van der Waals surface area (Å²) in [6.45, 7) is -0.929. The van der Waals surface area contributed by atoms with Crippen LogP contribution in [-0.2, 0) is 4.79 Å². The summed E-state index contributed by atoms with van der Waals surface area (Å²) >= 11 is 0. The van der Waals surface area contributed by atoms with E-state index in [0.29, 0.717) is 0 Å². The normalized spacial score (nSPS) is 17.5. The van der Waals surface area contributed by atoms with E-state index < -0.39 is 54.2 Å². The van der Waals surface area contributed by atoms with Crippen LogP contribution in [-0.4, -0.2) is 73.2 Å². The van der Waals surface area contributed by atoms with Crippen molar-refractivity contribution >= 4 is 11.6 Å². The average Bonchev–Trinajstić information content (AvgIpc) is 2.50. The van der Waals surface area contributed by atoms with E-state index in [-0.39, 0.29) is 5.75 Å². The fourth-order valence-corrected chi connectivity index (χ4v) is 1.50. The maximum absolute atomic E-state index is 11.9. The first-order valence-corrected chi connectivity index (χ1v) is 5.92. The Hall–Kier alpha value is -1.84. The van der Waals surface area contributed by atoms with Gasteiger partial charge < -0.3 is 30.6 Å². The molecule has 4 atom stereocenters. The van der Waals surface area contributed by atoms with E-state index in [2.05, 4.69) is 0 Å². The molecule has 0 bridgehead atoms. The molecule has 6 N–H and O–H groups in total. The van der Waals surface area contributed by atoms with Gasteiger partial charge >= 0.3 is 0 Å². The maximum Gasteiger partial charge on any atom is 0.234 e. The standard InChI is InChI=1S/C13H16O8/c14-5-8(16)10(18)12(20)13(21)11(19)9(17)6-1-3-7(15)4-2-6/h1-4,8,10,12-16,18,20-21H,5H2/t8-,10-,12+,13+/m1/s1/i1D. The van der Waals surface area contributed by atoms with Gasteiger partial charge in [-0.2, -0.15) is 0 Å². The van der Waals surface area contributed by atoms with Crippen LogP contribution in [0.2, 0.25) is 0 Å². The summed E-state index contributed by atoms with van der Waals surface area (Å²) in [5, 5.41) is 55.4. The van der Waals surface area contributed by atoms with Crippen molar-refractivity contribution in [1.29, 1.82) is 0 Å².